The summed E-state index contributed by atoms with van der Waals surface area (Å²) in [6, 6.07) is 15.8. The summed E-state index contributed by atoms with van der Waals surface area (Å²) in [6.07, 6.45) is 7.28. The minimum absolute atomic E-state index is 0.254. The Morgan fingerprint density at radius 1 is 0.939 bits per heavy atom. The fourth-order valence-electron chi connectivity index (χ4n) is 5.54. The molecule has 1 atom stereocenters. The van der Waals surface area contributed by atoms with Crippen molar-refractivity contribution in [3.05, 3.63) is 60.4 Å². The number of aromatic nitrogens is 2. The Labute approximate surface area is 196 Å². The lowest BCUT2D eigenvalue weighted by molar-refractivity contribution is 0.00594. The van der Waals surface area contributed by atoms with Crippen molar-refractivity contribution in [3.8, 4) is 11.4 Å². The molecule has 1 N–H and O–H groups in total. The van der Waals surface area contributed by atoms with Gasteiger partial charge in [-0.05, 0) is 50.2 Å². The molecule has 6 heteroatoms. The molecule has 0 unspecified atom stereocenters. The zero-order valence-corrected chi connectivity index (χ0v) is 19.6. The van der Waals surface area contributed by atoms with Gasteiger partial charge in [0.25, 0.3) is 0 Å². The van der Waals surface area contributed by atoms with Crippen LogP contribution < -0.4 is 0 Å². The smallest absolute Gasteiger partial charge is 0.159 e. The SMILES string of the molecule is CN1CCC(N2CCN(Cc3cnc(-c4cccc5ccccc45)nc3)C[C@@H]2CCO)CC1. The van der Waals surface area contributed by atoms with Crippen LogP contribution in [0.3, 0.4) is 0 Å². The normalized spacial score (nSPS) is 21.6. The Balaban J connectivity index is 1.25. The Morgan fingerprint density at radius 2 is 1.70 bits per heavy atom. The minimum Gasteiger partial charge on any atom is -0.396 e. The first-order chi connectivity index (χ1) is 16.2. The lowest BCUT2D eigenvalue weighted by atomic mass is 9.98. The summed E-state index contributed by atoms with van der Waals surface area (Å²) < 4.78 is 0. The van der Waals surface area contributed by atoms with Crippen molar-refractivity contribution in [1.29, 1.82) is 0 Å². The second-order valence-corrected chi connectivity index (χ2v) is 9.62. The number of rotatable bonds is 6. The molecule has 0 spiro atoms. The van der Waals surface area contributed by atoms with Gasteiger partial charge in [-0.1, -0.05) is 42.5 Å². The van der Waals surface area contributed by atoms with E-state index in [1.54, 1.807) is 0 Å². The number of aliphatic hydroxyl groups is 1. The van der Waals surface area contributed by atoms with Gasteiger partial charge in [0, 0.05) is 68.4 Å². The molecule has 2 aromatic carbocycles. The summed E-state index contributed by atoms with van der Waals surface area (Å²) in [6.45, 7) is 6.60. The number of hydrogen-bond acceptors (Lipinski definition) is 6. The molecule has 3 aromatic rings. The van der Waals surface area contributed by atoms with Gasteiger partial charge in [0.1, 0.15) is 0 Å². The van der Waals surface area contributed by atoms with Crippen LogP contribution in [0.25, 0.3) is 22.2 Å². The first kappa shape index (κ1) is 22.4. The van der Waals surface area contributed by atoms with Gasteiger partial charge in [-0.25, -0.2) is 9.97 Å². The van der Waals surface area contributed by atoms with Crippen molar-refractivity contribution in [1.82, 2.24) is 24.7 Å². The molecule has 2 saturated heterocycles. The second-order valence-electron chi connectivity index (χ2n) is 9.62. The summed E-state index contributed by atoms with van der Waals surface area (Å²) in [4.78, 5) is 17.1. The van der Waals surface area contributed by atoms with Gasteiger partial charge < -0.3 is 10.0 Å². The maximum Gasteiger partial charge on any atom is 0.159 e. The van der Waals surface area contributed by atoms with Gasteiger partial charge in [0.2, 0.25) is 0 Å². The lowest BCUT2D eigenvalue weighted by Crippen LogP contribution is -2.58. The van der Waals surface area contributed by atoms with E-state index in [-0.39, 0.29) is 6.61 Å². The van der Waals surface area contributed by atoms with Gasteiger partial charge in [0.15, 0.2) is 5.82 Å². The largest absolute Gasteiger partial charge is 0.396 e. The quantitative estimate of drug-likeness (QED) is 0.629. The number of piperidine rings is 1. The molecule has 6 nitrogen and oxygen atoms in total. The van der Waals surface area contributed by atoms with Gasteiger partial charge in [-0.15, -0.1) is 0 Å². The van der Waals surface area contributed by atoms with Crippen molar-refractivity contribution in [3.63, 3.8) is 0 Å². The van der Waals surface area contributed by atoms with Crippen LogP contribution in [-0.2, 0) is 6.54 Å². The van der Waals surface area contributed by atoms with Gasteiger partial charge in [-0.3, -0.25) is 9.80 Å². The highest BCUT2D eigenvalue weighted by molar-refractivity contribution is 5.94. The Morgan fingerprint density at radius 3 is 2.48 bits per heavy atom. The van der Waals surface area contributed by atoms with Crippen LogP contribution in [0, 0.1) is 0 Å². The molecule has 174 valence electrons. The van der Waals surface area contributed by atoms with Crippen LogP contribution >= 0.6 is 0 Å². The van der Waals surface area contributed by atoms with Gasteiger partial charge >= 0.3 is 0 Å². The Hall–Kier alpha value is -2.38. The van der Waals surface area contributed by atoms with Crippen LogP contribution in [0.5, 0.6) is 0 Å². The summed E-state index contributed by atoms with van der Waals surface area (Å²) >= 11 is 0. The third-order valence-electron chi connectivity index (χ3n) is 7.37. The molecule has 0 radical (unpaired) electrons. The molecule has 0 aliphatic carbocycles. The first-order valence-electron chi connectivity index (χ1n) is 12.3. The van der Waals surface area contributed by atoms with E-state index in [1.165, 1.54) is 36.7 Å². The molecule has 5 rings (SSSR count). The summed E-state index contributed by atoms with van der Waals surface area (Å²) in [5.41, 5.74) is 2.23. The van der Waals surface area contributed by atoms with Gasteiger partial charge in [-0.2, -0.15) is 0 Å². The van der Waals surface area contributed by atoms with E-state index in [0.29, 0.717) is 12.1 Å². The summed E-state index contributed by atoms with van der Waals surface area (Å²) in [5.74, 6) is 0.779. The lowest BCUT2D eigenvalue weighted by Gasteiger charge is -2.47. The standard InChI is InChI=1S/C27H35N5O/c1-30-12-9-23(10-13-30)32-15-14-31(20-24(32)11-16-33)19-21-17-28-27(29-18-21)26-8-4-6-22-5-2-3-7-25(22)26/h2-8,17-18,23-24,33H,9-16,19-20H2,1H3/t24-/m0/s1. The summed E-state index contributed by atoms with van der Waals surface area (Å²) in [7, 11) is 2.22. The number of aliphatic hydroxyl groups excluding tert-OH is 1. The first-order valence-corrected chi connectivity index (χ1v) is 12.3. The number of piperazine rings is 1. The number of hydrogen-bond donors (Lipinski definition) is 1. The van der Waals surface area contributed by atoms with E-state index in [9.17, 15) is 5.11 Å². The van der Waals surface area contributed by atoms with Crippen molar-refractivity contribution in [2.75, 3.05) is 46.4 Å². The predicted octanol–water partition coefficient (Wildman–Crippen LogP) is 3.26. The fourth-order valence-corrected chi connectivity index (χ4v) is 5.54. The fraction of sp³-hybridized carbons (Fsp3) is 0.481. The van der Waals surface area contributed by atoms with Crippen molar-refractivity contribution in [2.45, 2.75) is 37.9 Å². The van der Waals surface area contributed by atoms with Crippen molar-refractivity contribution in [2.24, 2.45) is 0 Å². The molecular weight excluding hydrogens is 410 g/mol. The highest BCUT2D eigenvalue weighted by Gasteiger charge is 2.33. The van der Waals surface area contributed by atoms with Crippen LogP contribution in [0.2, 0.25) is 0 Å². The topological polar surface area (TPSA) is 55.7 Å². The molecule has 0 amide bonds. The average molecular weight is 446 g/mol. The third-order valence-corrected chi connectivity index (χ3v) is 7.37. The molecule has 2 aliphatic heterocycles. The summed E-state index contributed by atoms with van der Waals surface area (Å²) in [5, 5.41) is 12.1. The second kappa shape index (κ2) is 10.3. The van der Waals surface area contributed by atoms with E-state index >= 15 is 0 Å². The third kappa shape index (κ3) is 5.09. The van der Waals surface area contributed by atoms with Crippen LogP contribution in [0.4, 0.5) is 0 Å². The molecule has 0 bridgehead atoms. The maximum atomic E-state index is 9.69. The maximum absolute atomic E-state index is 9.69. The molecule has 1 aromatic heterocycles. The van der Waals surface area contributed by atoms with E-state index in [2.05, 4.69) is 64.2 Å². The molecule has 0 saturated carbocycles. The Kier molecular flexibility index (Phi) is 6.97. The highest BCUT2D eigenvalue weighted by atomic mass is 16.3. The van der Waals surface area contributed by atoms with E-state index in [0.717, 1.165) is 49.6 Å². The van der Waals surface area contributed by atoms with Gasteiger partial charge in [0.05, 0.1) is 0 Å². The zero-order valence-electron chi connectivity index (χ0n) is 19.6. The number of likely N-dealkylation sites (tertiary alicyclic amines) is 1. The van der Waals surface area contributed by atoms with E-state index in [1.807, 2.05) is 12.4 Å². The van der Waals surface area contributed by atoms with E-state index < -0.39 is 0 Å². The highest BCUT2D eigenvalue weighted by Crippen LogP contribution is 2.27. The molecule has 2 aliphatic rings. The number of fused-ring (bicyclic) bond motifs is 1. The molecule has 2 fully saturated rings. The average Bonchev–Trinajstić information content (AvgIpc) is 2.85. The molecular formula is C27H35N5O. The van der Waals surface area contributed by atoms with Crippen LogP contribution in [-0.4, -0.2) is 88.2 Å². The van der Waals surface area contributed by atoms with Crippen molar-refractivity contribution >= 4 is 10.8 Å². The predicted molar refractivity (Wildman–Crippen MR) is 133 cm³/mol. The van der Waals surface area contributed by atoms with Crippen LogP contribution in [0.15, 0.2) is 54.9 Å². The zero-order chi connectivity index (χ0) is 22.6. The number of nitrogens with zero attached hydrogens (tertiary/aromatic N) is 5. The molecule has 3 heterocycles. The Bertz CT molecular complexity index is 1040. The molecule has 33 heavy (non-hydrogen) atoms. The van der Waals surface area contributed by atoms with E-state index in [4.69, 9.17) is 9.97 Å². The van der Waals surface area contributed by atoms with Crippen molar-refractivity contribution < 1.29 is 5.11 Å². The van der Waals surface area contributed by atoms with Crippen LogP contribution in [0.1, 0.15) is 24.8 Å². The minimum atomic E-state index is 0.254. The monoisotopic (exact) mass is 445 g/mol. The number of benzene rings is 2.